The molecule has 4 nitrogen and oxygen atoms in total. The highest BCUT2D eigenvalue weighted by Gasteiger charge is 2.29. The molecule has 1 atom stereocenters. The number of rotatable bonds is 4. The number of fused-ring (bicyclic) bond motifs is 1. The van der Waals surface area contributed by atoms with Gasteiger partial charge >= 0.3 is 0 Å². The molecule has 2 fully saturated rings. The van der Waals surface area contributed by atoms with Gasteiger partial charge in [-0.15, -0.1) is 0 Å². The van der Waals surface area contributed by atoms with Gasteiger partial charge in [-0.2, -0.15) is 0 Å². The summed E-state index contributed by atoms with van der Waals surface area (Å²) >= 11 is 0. The average molecular weight is 228 g/mol. The third-order valence-corrected chi connectivity index (χ3v) is 3.82. The topological polar surface area (TPSA) is 24.9 Å². The second-order valence-corrected chi connectivity index (χ2v) is 4.85. The standard InChI is InChI=1S/C12H24N2O2/c1-15-12(16-2)10-13-6-4-8-14-7-3-5-11(14)9-13/h11-12H,3-10H2,1-2H3. The number of hydrogen-bond acceptors (Lipinski definition) is 4. The Bertz CT molecular complexity index is 209. The molecule has 0 spiro atoms. The predicted molar refractivity (Wildman–Crippen MR) is 63.5 cm³/mol. The van der Waals surface area contributed by atoms with Gasteiger partial charge in [-0.3, -0.25) is 9.80 Å². The minimum Gasteiger partial charge on any atom is -0.355 e. The third-order valence-electron chi connectivity index (χ3n) is 3.82. The number of methoxy groups -OCH3 is 2. The zero-order chi connectivity index (χ0) is 11.4. The van der Waals surface area contributed by atoms with Crippen molar-refractivity contribution in [3.63, 3.8) is 0 Å². The van der Waals surface area contributed by atoms with Gasteiger partial charge in [-0.05, 0) is 38.9 Å². The number of nitrogens with zero attached hydrogens (tertiary/aromatic N) is 2. The predicted octanol–water partition coefficient (Wildman–Crippen LogP) is 0.775. The second-order valence-electron chi connectivity index (χ2n) is 4.85. The van der Waals surface area contributed by atoms with Crippen LogP contribution in [0.1, 0.15) is 19.3 Å². The van der Waals surface area contributed by atoms with Gasteiger partial charge in [0.1, 0.15) is 0 Å². The van der Waals surface area contributed by atoms with Crippen LogP contribution in [0.15, 0.2) is 0 Å². The molecular weight excluding hydrogens is 204 g/mol. The lowest BCUT2D eigenvalue weighted by atomic mass is 10.2. The normalized spacial score (nSPS) is 28.3. The first-order valence-corrected chi connectivity index (χ1v) is 6.35. The van der Waals surface area contributed by atoms with Crippen molar-refractivity contribution in [1.82, 2.24) is 9.80 Å². The first-order chi connectivity index (χ1) is 7.83. The third kappa shape index (κ3) is 2.94. The fraction of sp³-hybridized carbons (Fsp3) is 1.00. The molecule has 0 aliphatic carbocycles. The molecular formula is C12H24N2O2. The van der Waals surface area contributed by atoms with Crippen LogP contribution in [0.3, 0.4) is 0 Å². The minimum atomic E-state index is -0.0760. The highest BCUT2D eigenvalue weighted by molar-refractivity contribution is 4.85. The van der Waals surface area contributed by atoms with Crippen LogP contribution in [-0.2, 0) is 9.47 Å². The van der Waals surface area contributed by atoms with Gasteiger partial charge in [0.05, 0.1) is 0 Å². The first kappa shape index (κ1) is 12.3. The smallest absolute Gasteiger partial charge is 0.169 e. The molecule has 0 saturated carbocycles. The lowest BCUT2D eigenvalue weighted by Gasteiger charge is -2.27. The lowest BCUT2D eigenvalue weighted by molar-refractivity contribution is -0.116. The summed E-state index contributed by atoms with van der Waals surface area (Å²) in [5.41, 5.74) is 0. The molecule has 2 saturated heterocycles. The van der Waals surface area contributed by atoms with E-state index in [2.05, 4.69) is 9.80 Å². The summed E-state index contributed by atoms with van der Waals surface area (Å²) in [5.74, 6) is 0. The van der Waals surface area contributed by atoms with E-state index in [0.717, 1.165) is 12.6 Å². The van der Waals surface area contributed by atoms with E-state index in [1.54, 1.807) is 14.2 Å². The average Bonchev–Trinajstić information content (AvgIpc) is 2.65. The monoisotopic (exact) mass is 228 g/mol. The maximum Gasteiger partial charge on any atom is 0.169 e. The van der Waals surface area contributed by atoms with E-state index >= 15 is 0 Å². The Morgan fingerprint density at radius 1 is 1.12 bits per heavy atom. The molecule has 0 N–H and O–H groups in total. The molecule has 2 aliphatic heterocycles. The zero-order valence-electron chi connectivity index (χ0n) is 10.5. The van der Waals surface area contributed by atoms with E-state index in [-0.39, 0.29) is 6.29 Å². The number of hydrogen-bond donors (Lipinski definition) is 0. The Hall–Kier alpha value is -0.160. The van der Waals surface area contributed by atoms with Crippen LogP contribution < -0.4 is 0 Å². The van der Waals surface area contributed by atoms with Gasteiger partial charge in [0.15, 0.2) is 6.29 Å². The van der Waals surface area contributed by atoms with Crippen molar-refractivity contribution in [2.75, 3.05) is 46.9 Å². The Labute approximate surface area is 98.5 Å². The summed E-state index contributed by atoms with van der Waals surface area (Å²) in [6.45, 7) is 5.83. The molecule has 0 bridgehead atoms. The van der Waals surface area contributed by atoms with Crippen molar-refractivity contribution < 1.29 is 9.47 Å². The summed E-state index contributed by atoms with van der Waals surface area (Å²) < 4.78 is 10.6. The van der Waals surface area contributed by atoms with E-state index in [9.17, 15) is 0 Å². The summed E-state index contributed by atoms with van der Waals surface area (Å²) in [6, 6.07) is 0.775. The van der Waals surface area contributed by atoms with Crippen molar-refractivity contribution in [1.29, 1.82) is 0 Å². The van der Waals surface area contributed by atoms with Crippen LogP contribution in [0, 0.1) is 0 Å². The molecule has 2 rings (SSSR count). The molecule has 0 radical (unpaired) electrons. The summed E-state index contributed by atoms with van der Waals surface area (Å²) in [6.07, 6.45) is 3.93. The van der Waals surface area contributed by atoms with Gasteiger partial charge < -0.3 is 9.47 Å². The summed E-state index contributed by atoms with van der Waals surface area (Å²) in [4.78, 5) is 5.14. The maximum absolute atomic E-state index is 5.28. The van der Waals surface area contributed by atoms with Crippen LogP contribution in [-0.4, -0.2) is 69.1 Å². The molecule has 0 aromatic heterocycles. The molecule has 2 heterocycles. The van der Waals surface area contributed by atoms with Crippen molar-refractivity contribution in [2.24, 2.45) is 0 Å². The van der Waals surface area contributed by atoms with E-state index in [1.807, 2.05) is 0 Å². The van der Waals surface area contributed by atoms with E-state index in [0.29, 0.717) is 0 Å². The molecule has 16 heavy (non-hydrogen) atoms. The van der Waals surface area contributed by atoms with E-state index < -0.39 is 0 Å². The van der Waals surface area contributed by atoms with Crippen molar-refractivity contribution in [3.8, 4) is 0 Å². The highest BCUT2D eigenvalue weighted by atomic mass is 16.7. The lowest BCUT2D eigenvalue weighted by Crippen LogP contribution is -2.40. The van der Waals surface area contributed by atoms with E-state index in [1.165, 1.54) is 45.4 Å². The maximum atomic E-state index is 5.28. The zero-order valence-corrected chi connectivity index (χ0v) is 10.5. The Kier molecular flexibility index (Phi) is 4.58. The Morgan fingerprint density at radius 3 is 2.62 bits per heavy atom. The summed E-state index contributed by atoms with van der Waals surface area (Å²) in [7, 11) is 3.43. The Morgan fingerprint density at radius 2 is 1.88 bits per heavy atom. The van der Waals surface area contributed by atoms with Crippen LogP contribution in [0.25, 0.3) is 0 Å². The molecule has 94 valence electrons. The summed E-state index contributed by atoms with van der Waals surface area (Å²) in [5, 5.41) is 0. The van der Waals surface area contributed by atoms with Gasteiger partial charge in [0, 0.05) is 33.4 Å². The first-order valence-electron chi connectivity index (χ1n) is 6.35. The highest BCUT2D eigenvalue weighted by Crippen LogP contribution is 2.21. The van der Waals surface area contributed by atoms with Crippen molar-refractivity contribution in [2.45, 2.75) is 31.6 Å². The fourth-order valence-electron chi connectivity index (χ4n) is 2.90. The van der Waals surface area contributed by atoms with Gasteiger partial charge in [0.25, 0.3) is 0 Å². The SMILES string of the molecule is COC(CN1CCCN2CCCC2C1)OC. The molecule has 2 aliphatic rings. The van der Waals surface area contributed by atoms with Crippen LogP contribution in [0.2, 0.25) is 0 Å². The fourth-order valence-corrected chi connectivity index (χ4v) is 2.90. The molecule has 4 heteroatoms. The van der Waals surface area contributed by atoms with E-state index in [4.69, 9.17) is 9.47 Å². The van der Waals surface area contributed by atoms with Gasteiger partial charge in [0.2, 0.25) is 0 Å². The quantitative estimate of drug-likeness (QED) is 0.664. The van der Waals surface area contributed by atoms with Gasteiger partial charge in [-0.1, -0.05) is 0 Å². The van der Waals surface area contributed by atoms with Gasteiger partial charge in [-0.25, -0.2) is 0 Å². The molecule has 0 aromatic rings. The minimum absolute atomic E-state index is 0.0760. The van der Waals surface area contributed by atoms with Crippen LogP contribution in [0.4, 0.5) is 0 Å². The largest absolute Gasteiger partial charge is 0.355 e. The van der Waals surface area contributed by atoms with Crippen molar-refractivity contribution >= 4 is 0 Å². The molecule has 1 unspecified atom stereocenters. The second kappa shape index (κ2) is 5.96. The molecule has 0 amide bonds. The van der Waals surface area contributed by atoms with Crippen LogP contribution >= 0.6 is 0 Å². The van der Waals surface area contributed by atoms with Crippen LogP contribution in [0.5, 0.6) is 0 Å². The van der Waals surface area contributed by atoms with Crippen molar-refractivity contribution in [3.05, 3.63) is 0 Å². The number of ether oxygens (including phenoxy) is 2. The molecule has 0 aromatic carbocycles. The Balaban J connectivity index is 1.85.